The van der Waals surface area contributed by atoms with Crippen molar-refractivity contribution in [2.75, 3.05) is 18.8 Å². The number of anilines is 1. The van der Waals surface area contributed by atoms with Crippen LogP contribution in [0.4, 0.5) is 5.69 Å². The van der Waals surface area contributed by atoms with Gasteiger partial charge in [-0.2, -0.15) is 4.31 Å². The third-order valence-corrected chi connectivity index (χ3v) is 6.00. The molecule has 1 aromatic rings. The largest absolute Gasteiger partial charge is 0.398 e. The molecule has 3 rings (SSSR count). The van der Waals surface area contributed by atoms with Crippen LogP contribution in [0.25, 0.3) is 0 Å². The standard InChI is InChI=1S/C12H15BrN2O3S/c13-8-1-4-12(11(14)5-8)19(16,17)15-6-9-2-3-10(7-15)18-9/h1,4-5,9-10H,2-3,6-7,14H2. The van der Waals surface area contributed by atoms with Gasteiger partial charge in [0.1, 0.15) is 4.90 Å². The molecule has 2 unspecified atom stereocenters. The second kappa shape index (κ2) is 4.73. The van der Waals surface area contributed by atoms with E-state index in [2.05, 4.69) is 15.9 Å². The van der Waals surface area contributed by atoms with E-state index in [1.165, 1.54) is 4.31 Å². The molecule has 2 atom stereocenters. The molecule has 2 heterocycles. The zero-order valence-corrected chi connectivity index (χ0v) is 12.7. The highest BCUT2D eigenvalue weighted by Gasteiger charge is 2.39. The van der Waals surface area contributed by atoms with E-state index in [-0.39, 0.29) is 22.8 Å². The second-order valence-electron chi connectivity index (χ2n) is 4.96. The van der Waals surface area contributed by atoms with Crippen LogP contribution in [-0.4, -0.2) is 38.0 Å². The highest BCUT2D eigenvalue weighted by molar-refractivity contribution is 9.10. The minimum Gasteiger partial charge on any atom is -0.398 e. The molecule has 7 heteroatoms. The molecule has 2 aliphatic rings. The van der Waals surface area contributed by atoms with Gasteiger partial charge in [-0.05, 0) is 31.0 Å². The predicted molar refractivity (Wildman–Crippen MR) is 75.2 cm³/mol. The van der Waals surface area contributed by atoms with Crippen molar-refractivity contribution in [3.05, 3.63) is 22.7 Å². The highest BCUT2D eigenvalue weighted by Crippen LogP contribution is 2.32. The summed E-state index contributed by atoms with van der Waals surface area (Å²) in [5, 5.41) is 0. The van der Waals surface area contributed by atoms with Gasteiger partial charge >= 0.3 is 0 Å². The fourth-order valence-electron chi connectivity index (χ4n) is 2.67. The van der Waals surface area contributed by atoms with Crippen molar-refractivity contribution in [3.8, 4) is 0 Å². The molecule has 0 aliphatic carbocycles. The van der Waals surface area contributed by atoms with Crippen molar-refractivity contribution in [1.82, 2.24) is 4.31 Å². The van der Waals surface area contributed by atoms with Crippen LogP contribution in [0.2, 0.25) is 0 Å². The number of rotatable bonds is 2. The third kappa shape index (κ3) is 2.40. The summed E-state index contributed by atoms with van der Waals surface area (Å²) in [5.74, 6) is 0. The van der Waals surface area contributed by atoms with Gasteiger partial charge in [-0.15, -0.1) is 0 Å². The number of halogens is 1. The quantitative estimate of drug-likeness (QED) is 0.825. The first-order valence-corrected chi connectivity index (χ1v) is 8.41. The lowest BCUT2D eigenvalue weighted by molar-refractivity contribution is -0.0114. The van der Waals surface area contributed by atoms with Crippen LogP contribution in [0, 0.1) is 0 Å². The van der Waals surface area contributed by atoms with E-state index in [1.54, 1.807) is 18.2 Å². The molecule has 0 saturated carbocycles. The highest BCUT2D eigenvalue weighted by atomic mass is 79.9. The number of fused-ring (bicyclic) bond motifs is 2. The number of nitrogen functional groups attached to an aromatic ring is 1. The van der Waals surface area contributed by atoms with Crippen molar-refractivity contribution in [2.24, 2.45) is 0 Å². The average molecular weight is 347 g/mol. The lowest BCUT2D eigenvalue weighted by Crippen LogP contribution is -2.45. The lowest BCUT2D eigenvalue weighted by Gasteiger charge is -2.31. The van der Waals surface area contributed by atoms with Crippen LogP contribution in [0.1, 0.15) is 12.8 Å². The molecule has 19 heavy (non-hydrogen) atoms. The maximum absolute atomic E-state index is 12.6. The molecular formula is C12H15BrN2O3S. The van der Waals surface area contributed by atoms with E-state index < -0.39 is 10.0 Å². The molecule has 2 bridgehead atoms. The van der Waals surface area contributed by atoms with Crippen LogP contribution in [0.5, 0.6) is 0 Å². The van der Waals surface area contributed by atoms with E-state index in [9.17, 15) is 8.42 Å². The van der Waals surface area contributed by atoms with Gasteiger partial charge in [0, 0.05) is 17.6 Å². The fourth-order valence-corrected chi connectivity index (χ4v) is 4.65. The number of hydrogen-bond acceptors (Lipinski definition) is 4. The zero-order chi connectivity index (χ0) is 13.6. The van der Waals surface area contributed by atoms with Crippen LogP contribution < -0.4 is 5.73 Å². The zero-order valence-electron chi connectivity index (χ0n) is 10.3. The normalized spacial score (nSPS) is 27.6. The van der Waals surface area contributed by atoms with Gasteiger partial charge in [-0.1, -0.05) is 15.9 Å². The first-order chi connectivity index (χ1) is 8.96. The Balaban J connectivity index is 1.94. The summed E-state index contributed by atoms with van der Waals surface area (Å²) in [4.78, 5) is 0.178. The predicted octanol–water partition coefficient (Wildman–Crippen LogP) is 1.58. The van der Waals surface area contributed by atoms with E-state index in [1.807, 2.05) is 0 Å². The van der Waals surface area contributed by atoms with Crippen molar-refractivity contribution >= 4 is 31.6 Å². The lowest BCUT2D eigenvalue weighted by atomic mass is 10.2. The molecular weight excluding hydrogens is 332 g/mol. The Morgan fingerprint density at radius 1 is 1.26 bits per heavy atom. The monoisotopic (exact) mass is 346 g/mol. The van der Waals surface area contributed by atoms with Crippen LogP contribution in [0.15, 0.2) is 27.6 Å². The number of sulfonamides is 1. The number of nitrogens with two attached hydrogens (primary N) is 1. The fraction of sp³-hybridized carbons (Fsp3) is 0.500. The smallest absolute Gasteiger partial charge is 0.245 e. The summed E-state index contributed by atoms with van der Waals surface area (Å²) in [6, 6.07) is 4.85. The Morgan fingerprint density at radius 3 is 2.47 bits per heavy atom. The molecule has 2 saturated heterocycles. The molecule has 1 aromatic carbocycles. The molecule has 2 fully saturated rings. The Morgan fingerprint density at radius 2 is 1.89 bits per heavy atom. The molecule has 0 spiro atoms. The first kappa shape index (κ1) is 13.4. The van der Waals surface area contributed by atoms with Gasteiger partial charge < -0.3 is 10.5 Å². The molecule has 0 radical (unpaired) electrons. The van der Waals surface area contributed by atoms with E-state index in [0.717, 1.165) is 17.3 Å². The molecule has 5 nitrogen and oxygen atoms in total. The second-order valence-corrected chi connectivity index (χ2v) is 7.78. The van der Waals surface area contributed by atoms with Crippen molar-refractivity contribution in [2.45, 2.75) is 29.9 Å². The van der Waals surface area contributed by atoms with Gasteiger partial charge in [-0.25, -0.2) is 8.42 Å². The van der Waals surface area contributed by atoms with E-state index >= 15 is 0 Å². The topological polar surface area (TPSA) is 72.6 Å². The summed E-state index contributed by atoms with van der Waals surface area (Å²) in [6.07, 6.45) is 1.94. The van der Waals surface area contributed by atoms with Gasteiger partial charge in [0.2, 0.25) is 10.0 Å². The third-order valence-electron chi connectivity index (χ3n) is 3.60. The molecule has 0 aromatic heterocycles. The van der Waals surface area contributed by atoms with Crippen molar-refractivity contribution in [3.63, 3.8) is 0 Å². The van der Waals surface area contributed by atoms with Crippen LogP contribution in [-0.2, 0) is 14.8 Å². The number of morpholine rings is 1. The first-order valence-electron chi connectivity index (χ1n) is 6.17. The summed E-state index contributed by atoms with van der Waals surface area (Å²) in [7, 11) is -3.53. The minimum absolute atomic E-state index is 0.0326. The molecule has 2 aliphatic heterocycles. The van der Waals surface area contributed by atoms with Gasteiger partial charge in [-0.3, -0.25) is 0 Å². The SMILES string of the molecule is Nc1cc(Br)ccc1S(=O)(=O)N1CC2CCC(C1)O2. The van der Waals surface area contributed by atoms with Crippen molar-refractivity contribution in [1.29, 1.82) is 0 Å². The molecule has 2 N–H and O–H groups in total. The number of hydrogen-bond donors (Lipinski definition) is 1. The summed E-state index contributed by atoms with van der Waals surface area (Å²) >= 11 is 3.28. The van der Waals surface area contributed by atoms with Gasteiger partial charge in [0.05, 0.1) is 17.9 Å². The Kier molecular flexibility index (Phi) is 3.33. The number of ether oxygens (including phenoxy) is 1. The number of nitrogens with zero attached hydrogens (tertiary/aromatic N) is 1. The van der Waals surface area contributed by atoms with Gasteiger partial charge in [0.25, 0.3) is 0 Å². The van der Waals surface area contributed by atoms with Crippen LogP contribution >= 0.6 is 15.9 Å². The Hall–Kier alpha value is -0.630. The van der Waals surface area contributed by atoms with E-state index in [0.29, 0.717) is 13.1 Å². The maximum Gasteiger partial charge on any atom is 0.245 e. The van der Waals surface area contributed by atoms with Crippen molar-refractivity contribution < 1.29 is 13.2 Å². The number of benzene rings is 1. The Bertz CT molecular complexity index is 593. The summed E-state index contributed by atoms with van der Waals surface area (Å²) < 4.78 is 33.2. The van der Waals surface area contributed by atoms with E-state index in [4.69, 9.17) is 10.5 Å². The molecule has 0 amide bonds. The van der Waals surface area contributed by atoms with Crippen LogP contribution in [0.3, 0.4) is 0 Å². The average Bonchev–Trinajstić information content (AvgIpc) is 2.67. The van der Waals surface area contributed by atoms with Gasteiger partial charge in [0.15, 0.2) is 0 Å². The minimum atomic E-state index is -3.53. The molecule has 104 valence electrons. The Labute approximate surface area is 120 Å². The maximum atomic E-state index is 12.6. The summed E-state index contributed by atoms with van der Waals surface area (Å²) in [5.41, 5.74) is 6.10. The summed E-state index contributed by atoms with van der Waals surface area (Å²) in [6.45, 7) is 0.850.